The first-order valence-electron chi connectivity index (χ1n) is 4.43. The minimum atomic E-state index is -1.64. The number of benzene rings is 1. The highest BCUT2D eigenvalue weighted by molar-refractivity contribution is 6.92. The van der Waals surface area contributed by atoms with Crippen molar-refractivity contribution < 1.29 is 4.79 Å². The van der Waals surface area contributed by atoms with Gasteiger partial charge in [0.05, 0.1) is 0 Å². The summed E-state index contributed by atoms with van der Waals surface area (Å²) in [6.07, 6.45) is 0. The second-order valence-corrected chi connectivity index (χ2v) is 8.30. The number of fused-ring (bicyclic) bond motifs is 1. The lowest BCUT2D eigenvalue weighted by molar-refractivity contribution is 0.0885. The summed E-state index contributed by atoms with van der Waals surface area (Å²) in [6, 6.07) is 7.96. The molecule has 3 heteroatoms. The molecule has 0 radical (unpaired) electrons. The molecule has 0 bridgehead atoms. The first-order valence-corrected chi connectivity index (χ1v) is 7.37. The summed E-state index contributed by atoms with van der Waals surface area (Å²) >= 11 is 0. The van der Waals surface area contributed by atoms with E-state index in [4.69, 9.17) is 0 Å². The lowest BCUT2D eigenvalue weighted by Crippen LogP contribution is -2.51. The van der Waals surface area contributed by atoms with Crippen molar-refractivity contribution in [1.29, 1.82) is 0 Å². The molecule has 0 saturated heterocycles. The Hall–Kier alpha value is -1.09. The lowest BCUT2D eigenvalue weighted by atomic mass is 10.2. The molecule has 13 heavy (non-hydrogen) atoms. The summed E-state index contributed by atoms with van der Waals surface area (Å²) < 4.78 is 1.93. The first kappa shape index (κ1) is 8.50. The van der Waals surface area contributed by atoms with Crippen LogP contribution in [0.4, 0.5) is 0 Å². The molecule has 1 aromatic rings. The van der Waals surface area contributed by atoms with E-state index >= 15 is 0 Å². The van der Waals surface area contributed by atoms with Crippen LogP contribution in [0.15, 0.2) is 24.3 Å². The van der Waals surface area contributed by atoms with Gasteiger partial charge in [-0.2, -0.15) is 0 Å². The zero-order valence-corrected chi connectivity index (χ0v) is 9.16. The summed E-state index contributed by atoms with van der Waals surface area (Å²) in [5.74, 6) is 0.187. The third-order valence-electron chi connectivity index (χ3n) is 2.96. The van der Waals surface area contributed by atoms with Crippen LogP contribution in [0.2, 0.25) is 13.1 Å². The summed E-state index contributed by atoms with van der Waals surface area (Å²) in [4.78, 5) is 11.8. The molecule has 0 atom stereocenters. The Morgan fingerprint density at radius 3 is 2.46 bits per heavy atom. The van der Waals surface area contributed by atoms with Gasteiger partial charge in [0.25, 0.3) is 0 Å². The van der Waals surface area contributed by atoms with Gasteiger partial charge in [-0.25, -0.2) is 0 Å². The Morgan fingerprint density at radius 2 is 1.85 bits per heavy atom. The number of rotatable bonds is 0. The molecule has 0 aromatic heterocycles. The van der Waals surface area contributed by atoms with Crippen LogP contribution in [0.25, 0.3) is 0 Å². The van der Waals surface area contributed by atoms with Crippen molar-refractivity contribution in [3.63, 3.8) is 0 Å². The second-order valence-electron chi connectivity index (χ2n) is 3.97. The third-order valence-corrected chi connectivity index (χ3v) is 6.59. The van der Waals surface area contributed by atoms with Gasteiger partial charge in [0.2, 0.25) is 5.91 Å². The van der Waals surface area contributed by atoms with Crippen LogP contribution in [0.1, 0.15) is 10.4 Å². The zero-order valence-electron chi connectivity index (χ0n) is 8.16. The van der Waals surface area contributed by atoms with Gasteiger partial charge in [0.1, 0.15) is 0 Å². The molecule has 1 aliphatic rings. The highest BCUT2D eigenvalue weighted by atomic mass is 28.3. The van der Waals surface area contributed by atoms with Crippen molar-refractivity contribution in [2.24, 2.45) is 0 Å². The maximum atomic E-state index is 11.8. The average molecular weight is 191 g/mol. The van der Waals surface area contributed by atoms with E-state index in [0.29, 0.717) is 0 Å². The highest BCUT2D eigenvalue weighted by Gasteiger charge is 2.42. The Bertz CT molecular complexity index is 373. The SMILES string of the molecule is CN1C(=O)c2ccccc2[Si]1(C)C. The number of hydrogen-bond donors (Lipinski definition) is 0. The molecule has 0 N–H and O–H groups in total. The molecule has 0 aliphatic carbocycles. The van der Waals surface area contributed by atoms with E-state index in [1.807, 2.05) is 29.8 Å². The third kappa shape index (κ3) is 0.967. The van der Waals surface area contributed by atoms with E-state index in [1.165, 1.54) is 5.19 Å². The van der Waals surface area contributed by atoms with E-state index in [2.05, 4.69) is 19.2 Å². The summed E-state index contributed by atoms with van der Waals surface area (Å²) in [5, 5.41) is 1.27. The quantitative estimate of drug-likeness (QED) is 0.564. The van der Waals surface area contributed by atoms with Gasteiger partial charge in [-0.3, -0.25) is 4.79 Å². The van der Waals surface area contributed by atoms with Crippen LogP contribution >= 0.6 is 0 Å². The predicted molar refractivity (Wildman–Crippen MR) is 55.7 cm³/mol. The van der Waals surface area contributed by atoms with Crippen LogP contribution < -0.4 is 5.19 Å². The molecule has 1 aliphatic heterocycles. The standard InChI is InChI=1S/C10H13NOSi/c1-11-10(12)8-6-4-5-7-9(8)13(11,2)3/h4-7H,1-3H3. The predicted octanol–water partition coefficient (Wildman–Crippen LogP) is 1.18. The molecule has 0 unspecified atom stereocenters. The number of carbonyl (C=O) groups excluding carboxylic acids is 1. The van der Waals surface area contributed by atoms with Crippen LogP contribution in [-0.4, -0.2) is 25.8 Å². The van der Waals surface area contributed by atoms with Crippen LogP contribution in [-0.2, 0) is 0 Å². The van der Waals surface area contributed by atoms with Crippen LogP contribution in [0, 0.1) is 0 Å². The number of amides is 1. The Balaban J connectivity index is 2.68. The van der Waals surface area contributed by atoms with Gasteiger partial charge >= 0.3 is 0 Å². The second kappa shape index (κ2) is 2.45. The maximum absolute atomic E-state index is 11.8. The summed E-state index contributed by atoms with van der Waals surface area (Å²) in [6.45, 7) is 4.41. The maximum Gasteiger partial charge on any atom is 0.245 e. The van der Waals surface area contributed by atoms with Crippen molar-refractivity contribution in [1.82, 2.24) is 4.57 Å². The van der Waals surface area contributed by atoms with Crippen molar-refractivity contribution in [2.75, 3.05) is 7.05 Å². The lowest BCUT2D eigenvalue weighted by Gasteiger charge is -2.25. The van der Waals surface area contributed by atoms with Gasteiger partial charge in [-0.1, -0.05) is 18.2 Å². The van der Waals surface area contributed by atoms with Crippen molar-refractivity contribution in [3.05, 3.63) is 29.8 Å². The smallest absolute Gasteiger partial charge is 0.245 e. The van der Waals surface area contributed by atoms with Crippen LogP contribution in [0.3, 0.4) is 0 Å². The average Bonchev–Trinajstić information content (AvgIpc) is 2.30. The topological polar surface area (TPSA) is 20.3 Å². The fraction of sp³-hybridized carbons (Fsp3) is 0.300. The van der Waals surface area contributed by atoms with Crippen molar-refractivity contribution in [2.45, 2.75) is 13.1 Å². The molecule has 1 heterocycles. The van der Waals surface area contributed by atoms with Crippen LogP contribution in [0.5, 0.6) is 0 Å². The molecular formula is C10H13NOSi. The normalized spacial score (nSPS) is 19.0. The van der Waals surface area contributed by atoms with E-state index < -0.39 is 8.24 Å². The van der Waals surface area contributed by atoms with Crippen molar-refractivity contribution >= 4 is 19.3 Å². The molecular weight excluding hydrogens is 178 g/mol. The monoisotopic (exact) mass is 191 g/mol. The van der Waals surface area contributed by atoms with Crippen molar-refractivity contribution in [3.8, 4) is 0 Å². The van der Waals surface area contributed by atoms with Gasteiger partial charge in [0.15, 0.2) is 8.24 Å². The zero-order chi connectivity index (χ0) is 9.64. The van der Waals surface area contributed by atoms with E-state index in [9.17, 15) is 4.79 Å². The number of nitrogens with zero attached hydrogens (tertiary/aromatic N) is 1. The van der Waals surface area contributed by atoms with Gasteiger partial charge in [-0.15, -0.1) is 0 Å². The molecule has 68 valence electrons. The van der Waals surface area contributed by atoms with E-state index in [1.54, 1.807) is 0 Å². The Morgan fingerprint density at radius 1 is 1.23 bits per heavy atom. The number of carbonyl (C=O) groups is 1. The molecule has 0 spiro atoms. The molecule has 2 nitrogen and oxygen atoms in total. The fourth-order valence-corrected chi connectivity index (χ4v) is 4.16. The fourth-order valence-electron chi connectivity index (χ4n) is 1.82. The van der Waals surface area contributed by atoms with Gasteiger partial charge in [0, 0.05) is 12.6 Å². The first-order chi connectivity index (χ1) is 6.05. The molecule has 1 aromatic carbocycles. The van der Waals surface area contributed by atoms with E-state index in [0.717, 1.165) is 5.56 Å². The molecule has 2 rings (SSSR count). The summed E-state index contributed by atoms with van der Waals surface area (Å²) in [7, 11) is 0.268. The Kier molecular flexibility index (Phi) is 1.60. The van der Waals surface area contributed by atoms with Gasteiger partial charge < -0.3 is 4.57 Å². The summed E-state index contributed by atoms with van der Waals surface area (Å²) in [5.41, 5.74) is 0.904. The minimum Gasteiger partial charge on any atom is -0.364 e. The van der Waals surface area contributed by atoms with E-state index in [-0.39, 0.29) is 5.91 Å². The molecule has 1 amide bonds. The number of hydrogen-bond acceptors (Lipinski definition) is 1. The Labute approximate surface area is 79.3 Å². The highest BCUT2D eigenvalue weighted by Crippen LogP contribution is 2.20. The molecule has 0 saturated carbocycles. The van der Waals surface area contributed by atoms with Gasteiger partial charge in [-0.05, 0) is 24.3 Å². The minimum absolute atomic E-state index is 0.187. The molecule has 0 fully saturated rings. The largest absolute Gasteiger partial charge is 0.364 e.